The first-order chi connectivity index (χ1) is 15.1. The summed E-state index contributed by atoms with van der Waals surface area (Å²) in [6.45, 7) is 7.39. The van der Waals surface area contributed by atoms with E-state index in [1.807, 2.05) is 0 Å². The first kappa shape index (κ1) is 26.4. The van der Waals surface area contributed by atoms with E-state index in [-0.39, 0.29) is 36.4 Å². The molecule has 0 atom stereocenters. The van der Waals surface area contributed by atoms with Crippen molar-refractivity contribution in [3.05, 3.63) is 36.5 Å². The topological polar surface area (TPSA) is 74.1 Å². The van der Waals surface area contributed by atoms with E-state index in [1.165, 1.54) is 10.9 Å². The lowest BCUT2D eigenvalue weighted by atomic mass is 10.2. The fourth-order valence-electron chi connectivity index (χ4n) is 3.59. The number of aromatic nitrogens is 1. The summed E-state index contributed by atoms with van der Waals surface area (Å²) >= 11 is 0. The van der Waals surface area contributed by atoms with Gasteiger partial charge in [-0.2, -0.15) is 0 Å². The summed E-state index contributed by atoms with van der Waals surface area (Å²) in [5.41, 5.74) is 1.26. The summed E-state index contributed by atoms with van der Waals surface area (Å²) in [5, 5.41) is 8.03. The van der Waals surface area contributed by atoms with Crippen LogP contribution in [0.5, 0.6) is 0 Å². The zero-order valence-electron chi connectivity index (χ0n) is 19.3. The van der Waals surface area contributed by atoms with Crippen molar-refractivity contribution in [2.75, 3.05) is 66.6 Å². The molecule has 0 saturated carbocycles. The number of halogens is 1. The Morgan fingerprint density at radius 2 is 1.75 bits per heavy atom. The number of carbonyl (C=O) groups excluding carboxylic acids is 1. The quantitative estimate of drug-likeness (QED) is 0.203. The van der Waals surface area contributed by atoms with E-state index >= 15 is 0 Å². The van der Waals surface area contributed by atoms with Crippen LogP contribution in [0.25, 0.3) is 10.9 Å². The standard InChI is InChI=1S/C23H36N6O2.HI/c1-27(2)22(30)19-26-23(24-10-5-12-28-15-17-31-18-16-28)25-11-6-13-29-14-9-20-7-3-4-8-21(20)29;/h3-4,7-9,14H,5-6,10-13,15-19H2,1-2H3,(H2,24,25,26);1H. The average molecular weight is 556 g/mol. The molecule has 1 saturated heterocycles. The van der Waals surface area contributed by atoms with Gasteiger partial charge in [0.2, 0.25) is 5.91 Å². The van der Waals surface area contributed by atoms with E-state index in [1.54, 1.807) is 19.0 Å². The highest BCUT2D eigenvalue weighted by Gasteiger charge is 2.10. The lowest BCUT2D eigenvalue weighted by Gasteiger charge is -2.26. The van der Waals surface area contributed by atoms with Crippen LogP contribution in [0.3, 0.4) is 0 Å². The molecule has 2 aromatic rings. The summed E-state index contributed by atoms with van der Waals surface area (Å²) in [6, 6.07) is 10.6. The Labute approximate surface area is 208 Å². The zero-order valence-corrected chi connectivity index (χ0v) is 21.6. The van der Waals surface area contributed by atoms with Gasteiger partial charge < -0.3 is 24.8 Å². The fraction of sp³-hybridized carbons (Fsp3) is 0.565. The molecule has 32 heavy (non-hydrogen) atoms. The molecule has 1 aliphatic heterocycles. The molecule has 1 aromatic carbocycles. The SMILES string of the molecule is CN(C)C(=O)CN=C(NCCCN1CCOCC1)NCCCn1ccc2ccccc21.I. The summed E-state index contributed by atoms with van der Waals surface area (Å²) < 4.78 is 7.68. The number of hydrogen-bond donors (Lipinski definition) is 2. The number of carbonyl (C=O) groups is 1. The second kappa shape index (κ2) is 14.3. The number of ether oxygens (including phenoxy) is 1. The molecular weight excluding hydrogens is 519 g/mol. The molecule has 2 N–H and O–H groups in total. The third-order valence-electron chi connectivity index (χ3n) is 5.47. The van der Waals surface area contributed by atoms with E-state index in [9.17, 15) is 4.79 Å². The lowest BCUT2D eigenvalue weighted by molar-refractivity contribution is -0.127. The molecule has 1 fully saturated rings. The predicted octanol–water partition coefficient (Wildman–Crippen LogP) is 2.00. The summed E-state index contributed by atoms with van der Waals surface area (Å²) in [5.74, 6) is 0.697. The minimum Gasteiger partial charge on any atom is -0.379 e. The predicted molar refractivity (Wildman–Crippen MR) is 141 cm³/mol. The molecule has 9 heteroatoms. The van der Waals surface area contributed by atoms with Gasteiger partial charge in [-0.25, -0.2) is 4.99 Å². The molecule has 3 rings (SSSR count). The molecular formula is C23H37IN6O2. The van der Waals surface area contributed by atoms with Gasteiger partial charge in [-0.15, -0.1) is 24.0 Å². The monoisotopic (exact) mass is 556 g/mol. The maximum atomic E-state index is 11.9. The molecule has 1 aromatic heterocycles. The van der Waals surface area contributed by atoms with Crippen LogP contribution in [0.1, 0.15) is 12.8 Å². The highest BCUT2D eigenvalue weighted by Crippen LogP contribution is 2.15. The number of guanidine groups is 1. The Kier molecular flexibility index (Phi) is 11.8. The van der Waals surface area contributed by atoms with Crippen LogP contribution < -0.4 is 10.6 Å². The number of nitrogens with one attached hydrogen (secondary N) is 2. The number of rotatable bonds is 10. The van der Waals surface area contributed by atoms with Crippen molar-refractivity contribution in [2.45, 2.75) is 19.4 Å². The van der Waals surface area contributed by atoms with Gasteiger partial charge >= 0.3 is 0 Å². The second-order valence-electron chi connectivity index (χ2n) is 8.04. The second-order valence-corrected chi connectivity index (χ2v) is 8.04. The minimum absolute atomic E-state index is 0. The van der Waals surface area contributed by atoms with Crippen LogP contribution in [0.15, 0.2) is 41.5 Å². The van der Waals surface area contributed by atoms with Gasteiger partial charge in [0.15, 0.2) is 5.96 Å². The minimum atomic E-state index is -0.00627. The van der Waals surface area contributed by atoms with Gasteiger partial charge in [0, 0.05) is 58.5 Å². The van der Waals surface area contributed by atoms with Crippen molar-refractivity contribution >= 4 is 46.7 Å². The fourth-order valence-corrected chi connectivity index (χ4v) is 3.59. The molecule has 0 radical (unpaired) electrons. The third kappa shape index (κ3) is 8.59. The van der Waals surface area contributed by atoms with Crippen LogP contribution >= 0.6 is 24.0 Å². The van der Waals surface area contributed by atoms with Gasteiger partial charge in [0.1, 0.15) is 6.54 Å². The first-order valence-corrected chi connectivity index (χ1v) is 11.2. The van der Waals surface area contributed by atoms with Crippen molar-refractivity contribution in [3.8, 4) is 0 Å². The van der Waals surface area contributed by atoms with E-state index in [0.29, 0.717) is 5.96 Å². The molecule has 1 aliphatic rings. The highest BCUT2D eigenvalue weighted by atomic mass is 127. The number of benzene rings is 1. The number of fused-ring (bicyclic) bond motifs is 1. The first-order valence-electron chi connectivity index (χ1n) is 11.2. The Morgan fingerprint density at radius 1 is 1.06 bits per heavy atom. The summed E-state index contributed by atoms with van der Waals surface area (Å²) in [6.07, 6.45) is 4.13. The number of para-hydroxylation sites is 1. The molecule has 0 spiro atoms. The number of morpholine rings is 1. The number of amides is 1. The summed E-state index contributed by atoms with van der Waals surface area (Å²) in [4.78, 5) is 20.4. The number of nitrogens with zero attached hydrogens (tertiary/aromatic N) is 4. The van der Waals surface area contributed by atoms with Gasteiger partial charge in [0.05, 0.1) is 13.2 Å². The van der Waals surface area contributed by atoms with Gasteiger partial charge in [-0.1, -0.05) is 18.2 Å². The molecule has 1 amide bonds. The molecule has 2 heterocycles. The van der Waals surface area contributed by atoms with Crippen LogP contribution in [0.2, 0.25) is 0 Å². The largest absolute Gasteiger partial charge is 0.379 e. The van der Waals surface area contributed by atoms with Gasteiger partial charge in [-0.05, 0) is 36.9 Å². The van der Waals surface area contributed by atoms with Gasteiger partial charge in [-0.3, -0.25) is 9.69 Å². The molecule has 0 unspecified atom stereocenters. The zero-order chi connectivity index (χ0) is 21.9. The van der Waals surface area contributed by atoms with Crippen molar-refractivity contribution in [3.63, 3.8) is 0 Å². The molecule has 0 aliphatic carbocycles. The van der Waals surface area contributed by atoms with Gasteiger partial charge in [0.25, 0.3) is 0 Å². The smallest absolute Gasteiger partial charge is 0.243 e. The summed E-state index contributed by atoms with van der Waals surface area (Å²) in [7, 11) is 3.50. The van der Waals surface area contributed by atoms with Crippen molar-refractivity contribution in [1.82, 2.24) is 25.0 Å². The molecule has 178 valence electrons. The maximum absolute atomic E-state index is 11.9. The van der Waals surface area contributed by atoms with E-state index < -0.39 is 0 Å². The highest BCUT2D eigenvalue weighted by molar-refractivity contribution is 14.0. The normalized spacial score (nSPS) is 14.8. The average Bonchev–Trinajstić information content (AvgIpc) is 3.20. The van der Waals surface area contributed by atoms with Crippen LogP contribution in [0, 0.1) is 0 Å². The number of aliphatic imine (C=N–C) groups is 1. The van der Waals surface area contributed by atoms with Crippen LogP contribution in [-0.2, 0) is 16.1 Å². The number of aryl methyl sites for hydroxylation is 1. The Hall–Kier alpha value is -1.85. The molecule has 8 nitrogen and oxygen atoms in total. The van der Waals surface area contributed by atoms with Crippen molar-refractivity contribution in [2.24, 2.45) is 4.99 Å². The van der Waals surface area contributed by atoms with Crippen LogP contribution in [-0.4, -0.2) is 92.8 Å². The van der Waals surface area contributed by atoms with Crippen molar-refractivity contribution in [1.29, 1.82) is 0 Å². The third-order valence-corrected chi connectivity index (χ3v) is 5.47. The molecule has 0 bridgehead atoms. The Balaban J connectivity index is 0.00000363. The maximum Gasteiger partial charge on any atom is 0.243 e. The lowest BCUT2D eigenvalue weighted by Crippen LogP contribution is -2.41. The van der Waals surface area contributed by atoms with E-state index in [4.69, 9.17) is 4.74 Å². The Morgan fingerprint density at radius 3 is 2.47 bits per heavy atom. The number of hydrogen-bond acceptors (Lipinski definition) is 4. The Bertz CT molecular complexity index is 848. The van der Waals surface area contributed by atoms with E-state index in [2.05, 4.69) is 61.6 Å². The van der Waals surface area contributed by atoms with Crippen LogP contribution in [0.4, 0.5) is 0 Å². The van der Waals surface area contributed by atoms with E-state index in [0.717, 1.165) is 65.3 Å². The number of likely N-dealkylation sites (N-methyl/N-ethyl adjacent to an activating group) is 1. The van der Waals surface area contributed by atoms with Crippen molar-refractivity contribution < 1.29 is 9.53 Å².